The Kier molecular flexibility index (Phi) is 4.90. The molecule has 4 rings (SSSR count). The van der Waals surface area contributed by atoms with Crippen molar-refractivity contribution in [3.63, 3.8) is 0 Å². The van der Waals surface area contributed by atoms with Crippen molar-refractivity contribution in [3.8, 4) is 11.5 Å². The number of rotatable bonds is 5. The summed E-state index contributed by atoms with van der Waals surface area (Å²) in [6.45, 7) is 0. The molecule has 156 valence electrons. The number of anilines is 1. The van der Waals surface area contributed by atoms with Crippen LogP contribution in [-0.4, -0.2) is 43.2 Å². The summed E-state index contributed by atoms with van der Waals surface area (Å²) in [4.78, 5) is 39.2. The molecule has 2 aliphatic rings. The number of carbonyl (C=O) groups is 3. The van der Waals surface area contributed by atoms with Gasteiger partial charge in [0, 0.05) is 17.7 Å². The average Bonchev–Trinajstić information content (AvgIpc) is 3.25. The van der Waals surface area contributed by atoms with Crippen LogP contribution in [0.15, 0.2) is 42.5 Å². The first-order chi connectivity index (χ1) is 14.4. The van der Waals surface area contributed by atoms with Gasteiger partial charge in [-0.1, -0.05) is 6.07 Å². The van der Waals surface area contributed by atoms with Crippen molar-refractivity contribution in [2.45, 2.75) is 12.1 Å². The molecular formula is C21H19FN2O6. The summed E-state index contributed by atoms with van der Waals surface area (Å²) in [5.41, 5.74) is 0.740. The summed E-state index contributed by atoms with van der Waals surface area (Å²) in [6.07, 6.45) is 0. The Bertz CT molecular complexity index is 1020. The van der Waals surface area contributed by atoms with Crippen LogP contribution in [0.1, 0.15) is 11.6 Å². The number of carbonyl (C=O) groups excluding carboxylic acids is 2. The maximum Gasteiger partial charge on any atom is 0.321 e. The second kappa shape index (κ2) is 7.42. The molecule has 2 aromatic carbocycles. The van der Waals surface area contributed by atoms with E-state index in [4.69, 9.17) is 9.47 Å². The van der Waals surface area contributed by atoms with Crippen molar-refractivity contribution in [2.75, 3.05) is 19.1 Å². The van der Waals surface area contributed by atoms with Gasteiger partial charge in [0.15, 0.2) is 0 Å². The molecule has 4 unspecified atom stereocenters. The fourth-order valence-corrected chi connectivity index (χ4v) is 4.24. The molecular weight excluding hydrogens is 395 g/mol. The van der Waals surface area contributed by atoms with Crippen molar-refractivity contribution >= 4 is 23.5 Å². The number of carboxylic acids is 1. The van der Waals surface area contributed by atoms with Gasteiger partial charge >= 0.3 is 5.97 Å². The number of aliphatic carboxylic acids is 1. The monoisotopic (exact) mass is 414 g/mol. The Balaban J connectivity index is 1.79. The highest BCUT2D eigenvalue weighted by Gasteiger charge is 2.61. The summed E-state index contributed by atoms with van der Waals surface area (Å²) >= 11 is 0. The Morgan fingerprint density at radius 1 is 1.03 bits per heavy atom. The third-order valence-electron chi connectivity index (χ3n) is 5.60. The third kappa shape index (κ3) is 2.98. The van der Waals surface area contributed by atoms with E-state index in [1.807, 2.05) is 0 Å². The van der Waals surface area contributed by atoms with Crippen LogP contribution in [0.5, 0.6) is 11.5 Å². The van der Waals surface area contributed by atoms with Gasteiger partial charge in [-0.3, -0.25) is 19.7 Å². The summed E-state index contributed by atoms with van der Waals surface area (Å²) in [7, 11) is 2.95. The summed E-state index contributed by atoms with van der Waals surface area (Å²) in [5, 5.41) is 12.6. The van der Waals surface area contributed by atoms with Gasteiger partial charge in [-0.2, -0.15) is 0 Å². The van der Waals surface area contributed by atoms with Crippen LogP contribution in [-0.2, 0) is 14.4 Å². The van der Waals surface area contributed by atoms with Crippen LogP contribution in [0.3, 0.4) is 0 Å². The van der Waals surface area contributed by atoms with E-state index in [-0.39, 0.29) is 5.69 Å². The second-order valence-corrected chi connectivity index (χ2v) is 7.11. The Labute approximate surface area is 171 Å². The number of hydrogen-bond acceptors (Lipinski definition) is 6. The van der Waals surface area contributed by atoms with E-state index in [0.717, 1.165) is 17.0 Å². The minimum atomic E-state index is -1.26. The normalized spacial score (nSPS) is 25.4. The van der Waals surface area contributed by atoms with E-state index < -0.39 is 47.5 Å². The van der Waals surface area contributed by atoms with Gasteiger partial charge in [0.2, 0.25) is 11.8 Å². The number of nitrogens with zero attached hydrogens (tertiary/aromatic N) is 1. The maximum absolute atomic E-state index is 13.3. The summed E-state index contributed by atoms with van der Waals surface area (Å²) < 4.78 is 23.9. The first kappa shape index (κ1) is 19.8. The lowest BCUT2D eigenvalue weighted by atomic mass is 9.86. The zero-order valence-electron chi connectivity index (χ0n) is 16.2. The van der Waals surface area contributed by atoms with Crippen LogP contribution in [0.4, 0.5) is 10.1 Å². The summed E-state index contributed by atoms with van der Waals surface area (Å²) in [5.74, 6) is -4.05. The molecule has 0 spiro atoms. The standard InChI is InChI=1S/C21H19FN2O6/c1-29-12-7-8-13(14(9-12)30-2)17-15-16(18(23-17)21(27)28)20(26)24(19(15)25)11-5-3-10(22)4-6-11/h3-9,15-18,23H,1-2H3,(H,27,28). The lowest BCUT2D eigenvalue weighted by Gasteiger charge is -2.23. The van der Waals surface area contributed by atoms with Gasteiger partial charge in [0.1, 0.15) is 23.4 Å². The summed E-state index contributed by atoms with van der Waals surface area (Å²) in [6, 6.07) is 7.86. The predicted molar refractivity (Wildman–Crippen MR) is 103 cm³/mol. The zero-order chi connectivity index (χ0) is 21.6. The van der Waals surface area contributed by atoms with Crippen molar-refractivity contribution < 1.29 is 33.4 Å². The average molecular weight is 414 g/mol. The molecule has 8 nitrogen and oxygen atoms in total. The van der Waals surface area contributed by atoms with Crippen molar-refractivity contribution in [1.29, 1.82) is 0 Å². The van der Waals surface area contributed by atoms with Gasteiger partial charge < -0.3 is 14.6 Å². The molecule has 0 bridgehead atoms. The Hall–Kier alpha value is -3.46. The van der Waals surface area contributed by atoms with Crippen molar-refractivity contribution in [2.24, 2.45) is 11.8 Å². The lowest BCUT2D eigenvalue weighted by molar-refractivity contribution is -0.142. The molecule has 4 atom stereocenters. The quantitative estimate of drug-likeness (QED) is 0.718. The number of ether oxygens (including phenoxy) is 2. The number of hydrogen-bond donors (Lipinski definition) is 2. The fraction of sp³-hybridized carbons (Fsp3) is 0.286. The van der Waals surface area contributed by atoms with Gasteiger partial charge in [-0.05, 0) is 30.3 Å². The first-order valence-corrected chi connectivity index (χ1v) is 9.21. The maximum atomic E-state index is 13.3. The van der Waals surface area contributed by atoms with Crippen LogP contribution in [0.2, 0.25) is 0 Å². The Morgan fingerprint density at radius 3 is 2.30 bits per heavy atom. The van der Waals surface area contributed by atoms with Gasteiger partial charge in [-0.25, -0.2) is 9.29 Å². The van der Waals surface area contributed by atoms with Crippen LogP contribution >= 0.6 is 0 Å². The van der Waals surface area contributed by atoms with Gasteiger partial charge in [0.05, 0.1) is 31.7 Å². The molecule has 2 fully saturated rings. The highest BCUT2D eigenvalue weighted by Crippen LogP contribution is 2.47. The highest BCUT2D eigenvalue weighted by molar-refractivity contribution is 6.23. The number of halogens is 1. The molecule has 2 saturated heterocycles. The molecule has 0 aromatic heterocycles. The van der Waals surface area contributed by atoms with Crippen LogP contribution in [0.25, 0.3) is 0 Å². The number of carboxylic acid groups (broad SMARTS) is 1. The number of fused-ring (bicyclic) bond motifs is 1. The van der Waals surface area contributed by atoms with E-state index in [1.54, 1.807) is 18.2 Å². The van der Waals surface area contributed by atoms with Crippen molar-refractivity contribution in [3.05, 3.63) is 53.8 Å². The zero-order valence-corrected chi connectivity index (χ0v) is 16.2. The predicted octanol–water partition coefficient (Wildman–Crippen LogP) is 1.75. The largest absolute Gasteiger partial charge is 0.497 e. The number of nitrogens with one attached hydrogen (secondary N) is 1. The topological polar surface area (TPSA) is 105 Å². The van der Waals surface area contributed by atoms with Crippen LogP contribution in [0, 0.1) is 17.7 Å². The minimum absolute atomic E-state index is 0.199. The molecule has 2 aromatic rings. The molecule has 2 aliphatic heterocycles. The molecule has 2 amide bonds. The van der Waals surface area contributed by atoms with E-state index >= 15 is 0 Å². The van der Waals surface area contributed by atoms with E-state index in [0.29, 0.717) is 17.1 Å². The molecule has 0 saturated carbocycles. The number of amides is 2. The van der Waals surface area contributed by atoms with Gasteiger partial charge in [-0.15, -0.1) is 0 Å². The lowest BCUT2D eigenvalue weighted by Crippen LogP contribution is -2.43. The first-order valence-electron chi connectivity index (χ1n) is 9.21. The molecule has 0 aliphatic carbocycles. The van der Waals surface area contributed by atoms with E-state index in [1.165, 1.54) is 26.4 Å². The number of benzene rings is 2. The number of imide groups is 1. The highest BCUT2D eigenvalue weighted by atomic mass is 19.1. The molecule has 2 heterocycles. The van der Waals surface area contributed by atoms with E-state index in [9.17, 15) is 23.9 Å². The third-order valence-corrected chi connectivity index (χ3v) is 5.60. The fourth-order valence-electron chi connectivity index (χ4n) is 4.24. The van der Waals surface area contributed by atoms with Crippen LogP contribution < -0.4 is 19.7 Å². The van der Waals surface area contributed by atoms with Gasteiger partial charge in [0.25, 0.3) is 0 Å². The van der Waals surface area contributed by atoms with Crippen molar-refractivity contribution in [1.82, 2.24) is 5.32 Å². The SMILES string of the molecule is COc1ccc(C2NC(C(=O)O)C3C(=O)N(c4ccc(F)cc4)C(=O)C23)c(OC)c1. The molecule has 30 heavy (non-hydrogen) atoms. The number of methoxy groups -OCH3 is 2. The molecule has 2 N–H and O–H groups in total. The minimum Gasteiger partial charge on any atom is -0.497 e. The molecule has 9 heteroatoms. The Morgan fingerprint density at radius 2 is 1.70 bits per heavy atom. The smallest absolute Gasteiger partial charge is 0.321 e. The van der Waals surface area contributed by atoms with E-state index in [2.05, 4.69) is 5.32 Å². The molecule has 0 radical (unpaired) electrons. The second-order valence-electron chi connectivity index (χ2n) is 7.11.